The molecule has 0 bridgehead atoms. The van der Waals surface area contributed by atoms with E-state index < -0.39 is 5.72 Å². The van der Waals surface area contributed by atoms with Gasteiger partial charge in [0.15, 0.2) is 5.72 Å². The minimum absolute atomic E-state index is 0.0550. The predicted molar refractivity (Wildman–Crippen MR) is 90.1 cm³/mol. The van der Waals surface area contributed by atoms with Crippen molar-refractivity contribution in [3.8, 4) is 17.0 Å². The van der Waals surface area contributed by atoms with Crippen LogP contribution in [0.25, 0.3) is 11.3 Å². The van der Waals surface area contributed by atoms with Crippen LogP contribution in [0.4, 0.5) is 0 Å². The van der Waals surface area contributed by atoms with E-state index >= 15 is 0 Å². The van der Waals surface area contributed by atoms with Crippen molar-refractivity contribution in [1.82, 2.24) is 20.0 Å². The number of phenolic OH excluding ortho intramolecular Hbond substituents is 1. The molecule has 8 heteroatoms. The molecule has 0 saturated carbocycles. The lowest BCUT2D eigenvalue weighted by molar-refractivity contribution is -0.136. The molecule has 134 valence electrons. The first-order valence-corrected chi connectivity index (χ1v) is 8.69. The fourth-order valence-corrected chi connectivity index (χ4v) is 4.40. The maximum atomic E-state index is 13.0. The Morgan fingerprint density at radius 3 is 2.92 bits per heavy atom. The smallest absolute Gasteiger partial charge is 0.272 e. The molecule has 3 fully saturated rings. The molecule has 2 aromatic rings. The number of amides is 2. The van der Waals surface area contributed by atoms with Gasteiger partial charge in [-0.25, -0.2) is 0 Å². The second-order valence-electron chi connectivity index (χ2n) is 6.92. The molecular weight excluding hydrogens is 336 g/mol. The zero-order valence-electron chi connectivity index (χ0n) is 14.0. The van der Waals surface area contributed by atoms with Gasteiger partial charge in [-0.15, -0.1) is 0 Å². The first-order valence-electron chi connectivity index (χ1n) is 8.69. The van der Waals surface area contributed by atoms with Crippen LogP contribution in [0.1, 0.15) is 23.3 Å². The molecule has 3 saturated heterocycles. The molecule has 3 aliphatic heterocycles. The summed E-state index contributed by atoms with van der Waals surface area (Å²) in [6, 6.07) is 8.08. The summed E-state index contributed by atoms with van der Waals surface area (Å²) < 4.78 is 5.92. The summed E-state index contributed by atoms with van der Waals surface area (Å²) in [5.74, 6) is 0.0592. The highest BCUT2D eigenvalue weighted by Crippen LogP contribution is 2.45. The van der Waals surface area contributed by atoms with Crippen LogP contribution >= 0.6 is 0 Å². The number of ether oxygens (including phenoxy) is 1. The van der Waals surface area contributed by atoms with Crippen molar-refractivity contribution >= 4 is 11.8 Å². The highest BCUT2D eigenvalue weighted by molar-refractivity contribution is 5.95. The van der Waals surface area contributed by atoms with Crippen LogP contribution in [0.15, 0.2) is 30.3 Å². The zero-order valence-corrected chi connectivity index (χ0v) is 14.0. The van der Waals surface area contributed by atoms with Crippen molar-refractivity contribution in [1.29, 1.82) is 0 Å². The molecule has 3 aliphatic rings. The Morgan fingerprint density at radius 1 is 1.31 bits per heavy atom. The molecule has 2 amide bonds. The van der Waals surface area contributed by atoms with Crippen LogP contribution in [0, 0.1) is 0 Å². The Morgan fingerprint density at radius 2 is 2.12 bits per heavy atom. The first-order chi connectivity index (χ1) is 12.6. The topological polar surface area (TPSA) is 98.8 Å². The highest BCUT2D eigenvalue weighted by Gasteiger charge is 2.63. The molecule has 1 spiro atoms. The van der Waals surface area contributed by atoms with E-state index in [1.807, 2.05) is 0 Å². The number of H-pyrrole nitrogens is 1. The average Bonchev–Trinajstić information content (AvgIpc) is 3.38. The number of rotatable bonds is 2. The maximum absolute atomic E-state index is 13.0. The quantitative estimate of drug-likeness (QED) is 0.837. The second kappa shape index (κ2) is 5.31. The average molecular weight is 354 g/mol. The number of nitrogens with zero attached hydrogens (tertiary/aromatic N) is 3. The number of benzene rings is 1. The molecule has 1 aromatic carbocycles. The molecule has 5 rings (SSSR count). The molecule has 0 unspecified atom stereocenters. The predicted octanol–water partition coefficient (Wildman–Crippen LogP) is 0.956. The molecule has 2 atom stereocenters. The monoisotopic (exact) mass is 354 g/mol. The van der Waals surface area contributed by atoms with E-state index in [9.17, 15) is 14.7 Å². The summed E-state index contributed by atoms with van der Waals surface area (Å²) >= 11 is 0. The largest absolute Gasteiger partial charge is 0.508 e. The van der Waals surface area contributed by atoms with Crippen LogP contribution in [-0.4, -0.2) is 68.4 Å². The SMILES string of the molecule is O=C(c1cc(-c2ccc(O)cc2)n[nH]1)N1CC[C@@]23OCCN2C(=O)C[C@@H]13. The Kier molecular flexibility index (Phi) is 3.14. The van der Waals surface area contributed by atoms with Gasteiger partial charge in [0.25, 0.3) is 5.91 Å². The zero-order chi connectivity index (χ0) is 17.9. The van der Waals surface area contributed by atoms with Crippen LogP contribution in [0.3, 0.4) is 0 Å². The summed E-state index contributed by atoms with van der Waals surface area (Å²) in [4.78, 5) is 28.8. The normalized spacial score (nSPS) is 27.1. The van der Waals surface area contributed by atoms with Crippen LogP contribution in [0.5, 0.6) is 5.75 Å². The van der Waals surface area contributed by atoms with Gasteiger partial charge in [0, 0.05) is 25.1 Å². The van der Waals surface area contributed by atoms with Crippen molar-refractivity contribution in [2.75, 3.05) is 19.7 Å². The molecule has 8 nitrogen and oxygen atoms in total. The van der Waals surface area contributed by atoms with Crippen LogP contribution < -0.4 is 0 Å². The summed E-state index contributed by atoms with van der Waals surface area (Å²) in [5, 5.41) is 16.4. The minimum atomic E-state index is -0.632. The van der Waals surface area contributed by atoms with E-state index in [0.717, 1.165) is 5.56 Å². The summed E-state index contributed by atoms with van der Waals surface area (Å²) in [6.45, 7) is 1.69. The number of likely N-dealkylation sites (tertiary alicyclic amines) is 1. The van der Waals surface area contributed by atoms with E-state index in [0.29, 0.717) is 43.9 Å². The first kappa shape index (κ1) is 15.4. The standard InChI is InChI=1S/C18H18N4O4/c23-12-3-1-11(2-4-12)13-9-14(20-19-13)17(25)21-6-5-18-15(21)10-16(24)22(18)7-8-26-18/h1-4,9,15,23H,5-8,10H2,(H,19,20)/t15-,18+/m1/s1. The Hall–Kier alpha value is -2.87. The van der Waals surface area contributed by atoms with Crippen LogP contribution in [-0.2, 0) is 9.53 Å². The Labute approximate surface area is 149 Å². The number of aromatic nitrogens is 2. The van der Waals surface area contributed by atoms with Gasteiger partial charge >= 0.3 is 0 Å². The number of hydrogen-bond acceptors (Lipinski definition) is 5. The van der Waals surface area contributed by atoms with Gasteiger partial charge in [0.1, 0.15) is 11.4 Å². The number of aromatic amines is 1. The van der Waals surface area contributed by atoms with Gasteiger partial charge in [-0.2, -0.15) is 5.10 Å². The van der Waals surface area contributed by atoms with Crippen molar-refractivity contribution in [2.45, 2.75) is 24.6 Å². The van der Waals surface area contributed by atoms with Gasteiger partial charge < -0.3 is 19.6 Å². The number of nitrogens with one attached hydrogen (secondary N) is 1. The lowest BCUT2D eigenvalue weighted by Crippen LogP contribution is -2.48. The second-order valence-corrected chi connectivity index (χ2v) is 6.92. The third-order valence-corrected chi connectivity index (χ3v) is 5.63. The molecule has 26 heavy (non-hydrogen) atoms. The number of carbonyl (C=O) groups is 2. The van der Waals surface area contributed by atoms with Crippen molar-refractivity contribution in [3.63, 3.8) is 0 Å². The van der Waals surface area contributed by atoms with E-state index in [4.69, 9.17) is 4.74 Å². The van der Waals surface area contributed by atoms with E-state index in [2.05, 4.69) is 10.2 Å². The third kappa shape index (κ3) is 2.02. The highest BCUT2D eigenvalue weighted by atomic mass is 16.5. The van der Waals surface area contributed by atoms with Crippen molar-refractivity contribution < 1.29 is 19.4 Å². The fourth-order valence-electron chi connectivity index (χ4n) is 4.40. The number of hydrogen-bond donors (Lipinski definition) is 2. The molecule has 0 radical (unpaired) electrons. The lowest BCUT2D eigenvalue weighted by atomic mass is 10.1. The minimum Gasteiger partial charge on any atom is -0.508 e. The molecule has 4 heterocycles. The Bertz CT molecular complexity index is 893. The Balaban J connectivity index is 1.41. The van der Waals surface area contributed by atoms with Gasteiger partial charge in [-0.3, -0.25) is 14.7 Å². The maximum Gasteiger partial charge on any atom is 0.272 e. The number of aromatic hydroxyl groups is 1. The van der Waals surface area contributed by atoms with Gasteiger partial charge in [-0.1, -0.05) is 0 Å². The van der Waals surface area contributed by atoms with E-state index in [-0.39, 0.29) is 23.6 Å². The lowest BCUT2D eigenvalue weighted by Gasteiger charge is -2.31. The summed E-state index contributed by atoms with van der Waals surface area (Å²) in [5.41, 5.74) is 1.18. The van der Waals surface area contributed by atoms with Gasteiger partial charge in [0.05, 0.1) is 24.8 Å². The summed E-state index contributed by atoms with van der Waals surface area (Å²) in [6.07, 6.45) is 0.957. The van der Waals surface area contributed by atoms with Crippen molar-refractivity contribution in [2.24, 2.45) is 0 Å². The number of carbonyl (C=O) groups excluding carboxylic acids is 2. The molecular formula is C18H18N4O4. The third-order valence-electron chi connectivity index (χ3n) is 5.63. The number of phenols is 1. The molecule has 0 aliphatic carbocycles. The van der Waals surface area contributed by atoms with Crippen molar-refractivity contribution in [3.05, 3.63) is 36.0 Å². The van der Waals surface area contributed by atoms with Gasteiger partial charge in [-0.05, 0) is 30.3 Å². The fraction of sp³-hybridized carbons (Fsp3) is 0.389. The van der Waals surface area contributed by atoms with E-state index in [1.165, 1.54) is 0 Å². The molecule has 1 aromatic heterocycles. The summed E-state index contributed by atoms with van der Waals surface area (Å²) in [7, 11) is 0. The van der Waals surface area contributed by atoms with Crippen LogP contribution in [0.2, 0.25) is 0 Å². The van der Waals surface area contributed by atoms with E-state index in [1.54, 1.807) is 40.1 Å². The molecule has 2 N–H and O–H groups in total. The van der Waals surface area contributed by atoms with Gasteiger partial charge in [0.2, 0.25) is 5.91 Å².